The monoisotopic (exact) mass is 244 g/mol. The third-order valence-electron chi connectivity index (χ3n) is 3.25. The summed E-state index contributed by atoms with van der Waals surface area (Å²) in [5.74, 6) is 1.05. The smallest absolute Gasteiger partial charge is 0.333 e. The molecule has 0 fully saturated rings. The van der Waals surface area contributed by atoms with E-state index in [-0.39, 0.29) is 11.2 Å². The van der Waals surface area contributed by atoms with Gasteiger partial charge >= 0.3 is 5.69 Å². The van der Waals surface area contributed by atoms with E-state index in [2.05, 4.69) is 0 Å². The zero-order valence-corrected chi connectivity index (χ0v) is 10.1. The van der Waals surface area contributed by atoms with Gasteiger partial charge in [0.15, 0.2) is 0 Å². The number of hydrogen-bond acceptors (Lipinski definition) is 3. The molecule has 2 aromatic rings. The van der Waals surface area contributed by atoms with Crippen LogP contribution in [0.5, 0.6) is 11.6 Å². The number of para-hydroxylation sites is 1. The lowest BCUT2D eigenvalue weighted by Gasteiger charge is -2.21. The Morgan fingerprint density at radius 1 is 1.11 bits per heavy atom. The second-order valence-corrected chi connectivity index (χ2v) is 4.38. The van der Waals surface area contributed by atoms with Crippen LogP contribution in [0, 0.1) is 0 Å². The van der Waals surface area contributed by atoms with Crippen molar-refractivity contribution < 1.29 is 4.74 Å². The molecule has 0 saturated carbocycles. The highest BCUT2D eigenvalue weighted by Crippen LogP contribution is 2.33. The highest BCUT2D eigenvalue weighted by molar-refractivity contribution is 5.46. The SMILES string of the molecule is Cn1c2c(c(=O)n(C)c1=O)Cc1ccccc1O2. The standard InChI is InChI=1S/C13H12N2O3/c1-14-11(16)9-7-8-5-3-4-6-10(8)18-12(9)15(2)13(14)17/h3-6H,7H2,1-2H3. The molecule has 0 bridgehead atoms. The Hall–Kier alpha value is -2.30. The lowest BCUT2D eigenvalue weighted by Crippen LogP contribution is -2.40. The van der Waals surface area contributed by atoms with Crippen molar-refractivity contribution in [1.29, 1.82) is 0 Å². The first kappa shape index (κ1) is 10.8. The molecule has 0 atom stereocenters. The van der Waals surface area contributed by atoms with E-state index >= 15 is 0 Å². The van der Waals surface area contributed by atoms with Gasteiger partial charge in [0.25, 0.3) is 5.56 Å². The summed E-state index contributed by atoms with van der Waals surface area (Å²) in [5, 5.41) is 0. The minimum absolute atomic E-state index is 0.289. The fraction of sp³-hybridized carbons (Fsp3) is 0.231. The maximum Gasteiger partial charge on any atom is 0.333 e. The molecule has 5 nitrogen and oxygen atoms in total. The van der Waals surface area contributed by atoms with E-state index in [0.717, 1.165) is 10.1 Å². The highest BCUT2D eigenvalue weighted by atomic mass is 16.5. The number of nitrogens with zero attached hydrogens (tertiary/aromatic N) is 2. The van der Waals surface area contributed by atoms with Gasteiger partial charge in [-0.2, -0.15) is 0 Å². The van der Waals surface area contributed by atoms with Crippen LogP contribution in [-0.4, -0.2) is 9.13 Å². The number of rotatable bonds is 0. The van der Waals surface area contributed by atoms with E-state index in [4.69, 9.17) is 4.74 Å². The summed E-state index contributed by atoms with van der Waals surface area (Å²) in [5.41, 5.74) is 0.819. The Labute approximate surface area is 103 Å². The van der Waals surface area contributed by atoms with Gasteiger partial charge in [-0.25, -0.2) is 4.79 Å². The number of ether oxygens (including phenoxy) is 1. The van der Waals surface area contributed by atoms with E-state index in [1.54, 1.807) is 7.05 Å². The third-order valence-corrected chi connectivity index (χ3v) is 3.25. The lowest BCUT2D eigenvalue weighted by atomic mass is 10.0. The average Bonchev–Trinajstić information content (AvgIpc) is 2.41. The summed E-state index contributed by atoms with van der Waals surface area (Å²) in [7, 11) is 3.08. The van der Waals surface area contributed by atoms with E-state index in [1.807, 2.05) is 24.3 Å². The van der Waals surface area contributed by atoms with Crippen molar-refractivity contribution >= 4 is 0 Å². The molecule has 0 aliphatic carbocycles. The quantitative estimate of drug-likeness (QED) is 0.587. The molecule has 0 N–H and O–H groups in total. The van der Waals surface area contributed by atoms with Crippen molar-refractivity contribution in [3.63, 3.8) is 0 Å². The first-order valence-electron chi connectivity index (χ1n) is 5.64. The Kier molecular flexibility index (Phi) is 2.16. The van der Waals surface area contributed by atoms with E-state index in [0.29, 0.717) is 23.6 Å². The second-order valence-electron chi connectivity index (χ2n) is 4.38. The molecule has 1 aromatic carbocycles. The van der Waals surface area contributed by atoms with Crippen LogP contribution in [-0.2, 0) is 20.5 Å². The van der Waals surface area contributed by atoms with E-state index < -0.39 is 0 Å². The summed E-state index contributed by atoms with van der Waals surface area (Å²) in [6.07, 6.45) is 0.492. The third kappa shape index (κ3) is 1.33. The summed E-state index contributed by atoms with van der Waals surface area (Å²) < 4.78 is 8.15. The topological polar surface area (TPSA) is 53.2 Å². The van der Waals surface area contributed by atoms with Crippen molar-refractivity contribution in [1.82, 2.24) is 9.13 Å². The molecule has 18 heavy (non-hydrogen) atoms. The molecular weight excluding hydrogens is 232 g/mol. The first-order valence-corrected chi connectivity index (χ1v) is 5.64. The predicted molar refractivity (Wildman–Crippen MR) is 66.2 cm³/mol. The molecule has 5 heteroatoms. The molecular formula is C13H12N2O3. The Morgan fingerprint density at radius 2 is 1.83 bits per heavy atom. The zero-order chi connectivity index (χ0) is 12.9. The molecule has 0 amide bonds. The Morgan fingerprint density at radius 3 is 2.61 bits per heavy atom. The van der Waals surface area contributed by atoms with Crippen molar-refractivity contribution in [3.05, 3.63) is 56.2 Å². The molecule has 1 aliphatic heterocycles. The van der Waals surface area contributed by atoms with Crippen LogP contribution in [0.3, 0.4) is 0 Å². The predicted octanol–water partition coefficient (Wildman–Crippen LogP) is 0.780. The first-order chi connectivity index (χ1) is 8.59. The highest BCUT2D eigenvalue weighted by Gasteiger charge is 2.23. The van der Waals surface area contributed by atoms with Crippen LogP contribution in [0.4, 0.5) is 0 Å². The molecule has 0 unspecified atom stereocenters. The molecule has 3 rings (SSSR count). The van der Waals surface area contributed by atoms with Crippen molar-refractivity contribution in [2.75, 3.05) is 0 Å². The summed E-state index contributed by atoms with van der Waals surface area (Å²) >= 11 is 0. The van der Waals surface area contributed by atoms with Crippen LogP contribution < -0.4 is 16.0 Å². The average molecular weight is 244 g/mol. The Bertz CT molecular complexity index is 756. The largest absolute Gasteiger partial charge is 0.440 e. The minimum atomic E-state index is -0.377. The number of benzene rings is 1. The fourth-order valence-electron chi connectivity index (χ4n) is 2.22. The minimum Gasteiger partial charge on any atom is -0.440 e. The zero-order valence-electron chi connectivity index (χ0n) is 10.1. The number of hydrogen-bond donors (Lipinski definition) is 0. The number of aromatic nitrogens is 2. The normalized spacial score (nSPS) is 12.6. The summed E-state index contributed by atoms with van der Waals surface area (Å²) in [4.78, 5) is 23.9. The maximum absolute atomic E-state index is 12.1. The van der Waals surface area contributed by atoms with Gasteiger partial charge in [-0.3, -0.25) is 13.9 Å². The molecule has 0 spiro atoms. The molecule has 0 saturated heterocycles. The van der Waals surface area contributed by atoms with Crippen LogP contribution in [0.2, 0.25) is 0 Å². The van der Waals surface area contributed by atoms with Crippen LogP contribution >= 0.6 is 0 Å². The maximum atomic E-state index is 12.1. The van der Waals surface area contributed by atoms with Gasteiger partial charge in [0, 0.05) is 20.5 Å². The lowest BCUT2D eigenvalue weighted by molar-refractivity contribution is 0.401. The van der Waals surface area contributed by atoms with Crippen LogP contribution in [0.25, 0.3) is 0 Å². The van der Waals surface area contributed by atoms with Gasteiger partial charge < -0.3 is 4.74 Å². The van der Waals surface area contributed by atoms with E-state index in [1.165, 1.54) is 11.6 Å². The molecule has 2 heterocycles. The summed E-state index contributed by atoms with van der Waals surface area (Å²) in [6, 6.07) is 7.52. The van der Waals surface area contributed by atoms with Gasteiger partial charge in [0.2, 0.25) is 5.88 Å². The molecule has 1 aromatic heterocycles. The number of fused-ring (bicyclic) bond motifs is 2. The van der Waals surface area contributed by atoms with E-state index in [9.17, 15) is 9.59 Å². The fourth-order valence-corrected chi connectivity index (χ4v) is 2.22. The molecule has 1 aliphatic rings. The van der Waals surface area contributed by atoms with Crippen LogP contribution in [0.15, 0.2) is 33.9 Å². The van der Waals surface area contributed by atoms with Gasteiger partial charge in [0.05, 0.1) is 5.56 Å². The van der Waals surface area contributed by atoms with Gasteiger partial charge in [-0.15, -0.1) is 0 Å². The molecule has 92 valence electrons. The van der Waals surface area contributed by atoms with Crippen molar-refractivity contribution in [2.24, 2.45) is 14.1 Å². The van der Waals surface area contributed by atoms with Gasteiger partial charge in [-0.05, 0) is 11.6 Å². The second kappa shape index (κ2) is 3.60. The van der Waals surface area contributed by atoms with Crippen molar-refractivity contribution in [2.45, 2.75) is 6.42 Å². The van der Waals surface area contributed by atoms with Crippen LogP contribution in [0.1, 0.15) is 11.1 Å². The Balaban J connectivity index is 2.32. The van der Waals surface area contributed by atoms with Gasteiger partial charge in [0.1, 0.15) is 5.75 Å². The summed E-state index contributed by atoms with van der Waals surface area (Å²) in [6.45, 7) is 0. The van der Waals surface area contributed by atoms with Crippen molar-refractivity contribution in [3.8, 4) is 11.6 Å². The molecule has 0 radical (unpaired) electrons. The van der Waals surface area contributed by atoms with Gasteiger partial charge in [-0.1, -0.05) is 18.2 Å².